The highest BCUT2D eigenvalue weighted by Crippen LogP contribution is 2.14. The first-order valence-electron chi connectivity index (χ1n) is 6.93. The van der Waals surface area contributed by atoms with Gasteiger partial charge in [0.1, 0.15) is 5.60 Å². The first kappa shape index (κ1) is 17.0. The lowest BCUT2D eigenvalue weighted by Gasteiger charge is -2.20. The maximum Gasteiger partial charge on any atom is 0.411 e. The van der Waals surface area contributed by atoms with Gasteiger partial charge in [-0.25, -0.2) is 4.79 Å². The van der Waals surface area contributed by atoms with Gasteiger partial charge >= 0.3 is 6.09 Å². The summed E-state index contributed by atoms with van der Waals surface area (Å²) >= 11 is 0. The van der Waals surface area contributed by atoms with Crippen molar-refractivity contribution in [2.24, 2.45) is 5.92 Å². The largest absolute Gasteiger partial charge is 0.444 e. The first-order chi connectivity index (χ1) is 8.28. The Kier molecular flexibility index (Phi) is 7.72. The van der Waals surface area contributed by atoms with Crippen LogP contribution in [0, 0.1) is 5.92 Å². The third kappa shape index (κ3) is 9.08. The second kappa shape index (κ2) is 8.17. The third-order valence-electron chi connectivity index (χ3n) is 2.85. The summed E-state index contributed by atoms with van der Waals surface area (Å²) in [6, 6.07) is 0. The summed E-state index contributed by atoms with van der Waals surface area (Å²) in [4.78, 5) is 11.6. The molecule has 0 aromatic heterocycles. The van der Waals surface area contributed by atoms with E-state index >= 15 is 0 Å². The molecule has 0 saturated heterocycles. The Hall–Kier alpha value is -0.990. The molecule has 106 valence electrons. The number of rotatable bonds is 6. The monoisotopic (exact) mass is 255 g/mol. The van der Waals surface area contributed by atoms with Crippen molar-refractivity contribution in [1.82, 2.24) is 5.32 Å². The van der Waals surface area contributed by atoms with Gasteiger partial charge in [-0.2, -0.15) is 0 Å². The molecule has 0 aromatic carbocycles. The Morgan fingerprint density at radius 2 is 2.00 bits per heavy atom. The fraction of sp³-hybridized carbons (Fsp3) is 0.800. The van der Waals surface area contributed by atoms with Crippen LogP contribution in [0.15, 0.2) is 11.8 Å². The van der Waals surface area contributed by atoms with E-state index in [-0.39, 0.29) is 6.09 Å². The molecule has 1 atom stereocenters. The Labute approximate surface area is 112 Å². The van der Waals surface area contributed by atoms with Crippen molar-refractivity contribution < 1.29 is 9.53 Å². The lowest BCUT2D eigenvalue weighted by Crippen LogP contribution is -2.32. The van der Waals surface area contributed by atoms with Gasteiger partial charge in [0.05, 0.1) is 0 Å². The van der Waals surface area contributed by atoms with Crippen LogP contribution >= 0.6 is 0 Å². The number of ether oxygens (including phenoxy) is 1. The molecule has 3 nitrogen and oxygen atoms in total. The van der Waals surface area contributed by atoms with Crippen LogP contribution < -0.4 is 5.32 Å². The molecule has 0 spiro atoms. The summed E-state index contributed by atoms with van der Waals surface area (Å²) in [7, 11) is 0. The minimum Gasteiger partial charge on any atom is -0.444 e. The van der Waals surface area contributed by atoms with Crippen LogP contribution in [0.2, 0.25) is 0 Å². The molecule has 0 saturated carbocycles. The molecule has 0 heterocycles. The van der Waals surface area contributed by atoms with Crippen LogP contribution in [0.5, 0.6) is 0 Å². The van der Waals surface area contributed by atoms with E-state index < -0.39 is 5.60 Å². The fourth-order valence-corrected chi connectivity index (χ4v) is 1.56. The third-order valence-corrected chi connectivity index (χ3v) is 2.85. The number of amides is 1. The van der Waals surface area contributed by atoms with E-state index in [0.29, 0.717) is 0 Å². The van der Waals surface area contributed by atoms with Gasteiger partial charge in [0, 0.05) is 5.70 Å². The van der Waals surface area contributed by atoms with Crippen molar-refractivity contribution in [3.05, 3.63) is 11.8 Å². The van der Waals surface area contributed by atoms with Crippen molar-refractivity contribution in [3.8, 4) is 0 Å². The Balaban J connectivity index is 4.02. The molecule has 0 aromatic rings. The molecule has 0 fully saturated rings. The van der Waals surface area contributed by atoms with Gasteiger partial charge in [0.15, 0.2) is 0 Å². The highest BCUT2D eigenvalue weighted by atomic mass is 16.6. The molecular weight excluding hydrogens is 226 g/mol. The van der Waals surface area contributed by atoms with Gasteiger partial charge < -0.3 is 4.74 Å². The summed E-state index contributed by atoms with van der Waals surface area (Å²) < 4.78 is 5.23. The predicted molar refractivity (Wildman–Crippen MR) is 76.4 cm³/mol. The van der Waals surface area contributed by atoms with Crippen LogP contribution in [0.4, 0.5) is 4.79 Å². The van der Waals surface area contributed by atoms with Gasteiger partial charge in [-0.05, 0) is 46.5 Å². The number of nitrogens with one attached hydrogen (secondary N) is 1. The Bertz CT molecular complexity index is 277. The van der Waals surface area contributed by atoms with Crippen molar-refractivity contribution >= 4 is 6.09 Å². The second-order valence-electron chi connectivity index (χ2n) is 5.85. The van der Waals surface area contributed by atoms with E-state index in [9.17, 15) is 4.79 Å². The molecule has 0 radical (unpaired) electrons. The average molecular weight is 255 g/mol. The van der Waals surface area contributed by atoms with Gasteiger partial charge in [-0.1, -0.05) is 32.8 Å². The van der Waals surface area contributed by atoms with Crippen LogP contribution in [0.3, 0.4) is 0 Å². The molecule has 1 N–H and O–H groups in total. The maximum absolute atomic E-state index is 11.6. The molecule has 1 amide bonds. The minimum absolute atomic E-state index is 0.362. The molecule has 0 aliphatic carbocycles. The van der Waals surface area contributed by atoms with E-state index in [1.165, 1.54) is 12.8 Å². The van der Waals surface area contributed by atoms with Crippen molar-refractivity contribution in [2.45, 2.75) is 72.8 Å². The summed E-state index contributed by atoms with van der Waals surface area (Å²) in [5, 5.41) is 2.81. The highest BCUT2D eigenvalue weighted by Gasteiger charge is 2.16. The summed E-state index contributed by atoms with van der Waals surface area (Å²) in [5.41, 5.74) is 0.507. The number of hydrogen-bond donors (Lipinski definition) is 1. The van der Waals surface area contributed by atoms with E-state index in [0.717, 1.165) is 24.5 Å². The zero-order valence-corrected chi connectivity index (χ0v) is 12.8. The van der Waals surface area contributed by atoms with E-state index in [1.807, 2.05) is 33.8 Å². The molecule has 18 heavy (non-hydrogen) atoms. The number of alkyl carbamates (subject to hydrolysis) is 1. The van der Waals surface area contributed by atoms with Gasteiger partial charge in [0.2, 0.25) is 0 Å². The standard InChI is InChI=1S/C15H29NO2/c1-7-12(3)10-9-11-13(8-2)16-14(17)18-15(4,5)6/h8,12H,7,9-11H2,1-6H3,(H,16,17)/b13-8+. The molecule has 0 aliphatic heterocycles. The smallest absolute Gasteiger partial charge is 0.411 e. The summed E-state index contributed by atoms with van der Waals surface area (Å²) in [6.07, 6.45) is 6.00. The topological polar surface area (TPSA) is 38.3 Å². The number of carbonyl (C=O) groups is 1. The zero-order chi connectivity index (χ0) is 14.2. The minimum atomic E-state index is -0.445. The SMILES string of the molecule is C/C=C(\CCCC(C)CC)NC(=O)OC(C)(C)C. The van der Waals surface area contributed by atoms with Crippen molar-refractivity contribution in [2.75, 3.05) is 0 Å². The van der Waals surface area contributed by atoms with E-state index in [2.05, 4.69) is 19.2 Å². The summed E-state index contributed by atoms with van der Waals surface area (Å²) in [5.74, 6) is 0.754. The van der Waals surface area contributed by atoms with E-state index in [1.54, 1.807) is 0 Å². The molecule has 0 rings (SSSR count). The van der Waals surface area contributed by atoms with E-state index in [4.69, 9.17) is 4.74 Å². The second-order valence-corrected chi connectivity index (χ2v) is 5.85. The lowest BCUT2D eigenvalue weighted by molar-refractivity contribution is 0.0544. The molecule has 0 bridgehead atoms. The quantitative estimate of drug-likeness (QED) is 0.751. The predicted octanol–water partition coefficient (Wildman–Crippen LogP) is 4.63. The summed E-state index contributed by atoms with van der Waals surface area (Å²) in [6.45, 7) is 12.0. The van der Waals surface area contributed by atoms with Crippen LogP contribution in [-0.4, -0.2) is 11.7 Å². The molecule has 0 aliphatic rings. The van der Waals surface area contributed by atoms with Gasteiger partial charge in [-0.3, -0.25) is 5.32 Å². The van der Waals surface area contributed by atoms with Crippen LogP contribution in [0.1, 0.15) is 67.2 Å². The number of allylic oxidation sites excluding steroid dienone is 2. The normalized spacial score (nSPS) is 14.2. The highest BCUT2D eigenvalue weighted by molar-refractivity contribution is 5.69. The molecular formula is C15H29NO2. The zero-order valence-electron chi connectivity index (χ0n) is 12.8. The van der Waals surface area contributed by atoms with Crippen LogP contribution in [-0.2, 0) is 4.74 Å². The maximum atomic E-state index is 11.6. The van der Waals surface area contributed by atoms with Gasteiger partial charge in [-0.15, -0.1) is 0 Å². The van der Waals surface area contributed by atoms with Gasteiger partial charge in [0.25, 0.3) is 0 Å². The number of carbonyl (C=O) groups excluding carboxylic acids is 1. The van der Waals surface area contributed by atoms with Crippen LogP contribution in [0.25, 0.3) is 0 Å². The fourth-order valence-electron chi connectivity index (χ4n) is 1.56. The first-order valence-corrected chi connectivity index (χ1v) is 6.93. The van der Waals surface area contributed by atoms with Crippen molar-refractivity contribution in [1.29, 1.82) is 0 Å². The Morgan fingerprint density at radius 1 is 1.39 bits per heavy atom. The van der Waals surface area contributed by atoms with Crippen molar-refractivity contribution in [3.63, 3.8) is 0 Å². The molecule has 3 heteroatoms. The lowest BCUT2D eigenvalue weighted by atomic mass is 10.0. The Morgan fingerprint density at radius 3 is 2.44 bits per heavy atom. The average Bonchev–Trinajstić information content (AvgIpc) is 2.24. The molecule has 1 unspecified atom stereocenters. The number of hydrogen-bond acceptors (Lipinski definition) is 2.